The van der Waals surface area contributed by atoms with Crippen LogP contribution in [0.1, 0.15) is 207 Å². The molecule has 12 aromatic heterocycles. The van der Waals surface area contributed by atoms with Crippen molar-refractivity contribution in [2.45, 2.75) is 190 Å². The monoisotopic (exact) mass is 1660 g/mol. The van der Waals surface area contributed by atoms with Crippen molar-refractivity contribution in [1.82, 2.24) is 75.0 Å². The molecule has 0 spiro atoms. The summed E-state index contributed by atoms with van der Waals surface area (Å²) in [5, 5.41) is 27.6. The van der Waals surface area contributed by atoms with Crippen LogP contribution in [0.5, 0.6) is 17.2 Å². The van der Waals surface area contributed by atoms with E-state index >= 15 is 0 Å². The zero-order chi connectivity index (χ0) is 83.7. The summed E-state index contributed by atoms with van der Waals surface area (Å²) in [5.41, 5.74) is 9.30. The minimum absolute atomic E-state index is 0.0127. The summed E-state index contributed by atoms with van der Waals surface area (Å²) in [6.45, 7) is 47.1. The number of thiazole rings is 6. The highest BCUT2D eigenvalue weighted by atomic mass is 32.1. The van der Waals surface area contributed by atoms with Gasteiger partial charge < -0.3 is 28.1 Å². The minimum Gasteiger partial charge on any atom is -0.493 e. The Hall–Kier alpha value is -9.43. The summed E-state index contributed by atoms with van der Waals surface area (Å²) in [6.07, 6.45) is 15.2. The van der Waals surface area contributed by atoms with E-state index in [1.54, 1.807) is 169 Å². The van der Waals surface area contributed by atoms with Crippen molar-refractivity contribution in [3.8, 4) is 73.5 Å². The lowest BCUT2D eigenvalue weighted by molar-refractivity contribution is 0.0587. The van der Waals surface area contributed by atoms with Crippen molar-refractivity contribution in [2.75, 3.05) is 35.5 Å². The number of carbonyl (C=O) groups is 2. The van der Waals surface area contributed by atoms with Crippen LogP contribution in [0.25, 0.3) is 56.3 Å². The van der Waals surface area contributed by atoms with Gasteiger partial charge in [0.25, 0.3) is 0 Å². The molecule has 0 radical (unpaired) electrons. The lowest BCUT2D eigenvalue weighted by Gasteiger charge is -2.14. The number of esters is 2. The Morgan fingerprint density at radius 1 is 0.381 bits per heavy atom. The largest absolute Gasteiger partial charge is 0.493 e. The second kappa shape index (κ2) is 41.6. The Labute approximate surface area is 693 Å². The lowest BCUT2D eigenvalue weighted by atomic mass is 9.97. The maximum absolute atomic E-state index is 11.3. The summed E-state index contributed by atoms with van der Waals surface area (Å²) < 4.78 is 30.2. The third-order valence-electron chi connectivity index (χ3n) is 14.6. The van der Waals surface area contributed by atoms with E-state index in [1.165, 1.54) is 30.6 Å². The van der Waals surface area contributed by atoms with Crippen LogP contribution in [0.15, 0.2) is 147 Å². The van der Waals surface area contributed by atoms with E-state index in [4.69, 9.17) is 23.6 Å². The topological polar surface area (TPSA) is 287 Å². The smallest absolute Gasteiger partial charge is 0.369 e. The normalized spacial score (nSPS) is 11.4. The molecule has 23 nitrogen and oxygen atoms in total. The Morgan fingerprint density at radius 2 is 0.814 bits per heavy atom. The first-order valence-electron chi connectivity index (χ1n) is 35.8. The first-order chi connectivity index (χ1) is 53.0. The van der Waals surface area contributed by atoms with Gasteiger partial charge in [-0.1, -0.05) is 169 Å². The Bertz CT molecular complexity index is 4740. The molecule has 0 amide bonds. The zero-order valence-electron chi connectivity index (χ0n) is 69.7. The van der Waals surface area contributed by atoms with Crippen molar-refractivity contribution in [3.63, 3.8) is 0 Å². The zero-order valence-corrected chi connectivity index (χ0v) is 75.4. The van der Waals surface area contributed by atoms with Crippen LogP contribution in [0.4, 0.5) is 0 Å². The van der Waals surface area contributed by atoms with E-state index < -0.39 is 11.9 Å². The van der Waals surface area contributed by atoms with Crippen LogP contribution < -0.4 is 14.2 Å². The molecule has 0 saturated carbocycles. The number of benzene rings is 1. The standard InChI is InChI=1S/C16H21NO3S.C12H14N2S.C11H13N3O2S2.2C11H13N3S.C8H13NS.C7H7NO2.C7H11NO/c1-16(2,3)15-17-11(9-21-15)10-7-12(18-4)14(20-6)13(8-10)19-5;1-12(2,3)11-14-10(8-15-11)9-6-4-5-7-13-9;1-11(2,3)10-12-6(5-17-10)7-13-14-8(18-7)9(15)16-4;1-11(2,3)10-14-9(7-15-10)8-6-12-4-5-13-8;1-11(2,3)10-14-8(7-15-10)9-12-5-4-6-13-9;1-6-5-10-7(9-6)8(2,3)4;1-10-7(9)6-4-2-3-5-8-6;1-7(2,3)6-8-4-5-9-6/h7-9H,1-6H3;4-8H,1-3H3;5H,1-4H3;2*4-7H,1-3H3;5H,1-4H3;2-5H,1H3;4-5H,1-3H3. The number of ether oxygens (including phenoxy) is 5. The van der Waals surface area contributed by atoms with Crippen molar-refractivity contribution in [1.29, 1.82) is 0 Å². The Kier molecular flexibility index (Phi) is 34.0. The molecule has 0 aliphatic heterocycles. The molecule has 12 heterocycles. The molecular formula is C83H105N15O8S7. The van der Waals surface area contributed by atoms with Crippen LogP contribution in [0.2, 0.25) is 0 Å². The predicted molar refractivity (Wildman–Crippen MR) is 461 cm³/mol. The lowest BCUT2D eigenvalue weighted by Crippen LogP contribution is -2.10. The Morgan fingerprint density at radius 3 is 1.20 bits per heavy atom. The van der Waals surface area contributed by atoms with E-state index in [2.05, 4.69) is 241 Å². The van der Waals surface area contributed by atoms with Gasteiger partial charge in [0.1, 0.15) is 34.7 Å². The molecule has 0 unspecified atom stereocenters. The van der Waals surface area contributed by atoms with Gasteiger partial charge in [-0.2, -0.15) is 0 Å². The third kappa shape index (κ3) is 29.2. The number of aryl methyl sites for hydroxylation is 1. The number of hydrogen-bond acceptors (Lipinski definition) is 30. The van der Waals surface area contributed by atoms with Gasteiger partial charge in [-0.3, -0.25) is 15.0 Å². The van der Waals surface area contributed by atoms with Gasteiger partial charge in [-0.05, 0) is 49.4 Å². The van der Waals surface area contributed by atoms with Crippen molar-refractivity contribution < 1.29 is 37.7 Å². The number of nitrogens with zero attached hydrogens (tertiary/aromatic N) is 15. The van der Waals surface area contributed by atoms with Crippen molar-refractivity contribution in [2.24, 2.45) is 0 Å². The molecule has 113 heavy (non-hydrogen) atoms. The second-order valence-electron chi connectivity index (χ2n) is 32.0. The number of oxazole rings is 1. The van der Waals surface area contributed by atoms with Gasteiger partial charge in [0.2, 0.25) is 10.8 Å². The molecular weight excluding hydrogens is 1560 g/mol. The van der Waals surface area contributed by atoms with Crippen LogP contribution in [0.3, 0.4) is 0 Å². The van der Waals surface area contributed by atoms with E-state index in [9.17, 15) is 9.59 Å². The van der Waals surface area contributed by atoms with Crippen LogP contribution in [-0.4, -0.2) is 122 Å². The third-order valence-corrected chi connectivity index (χ3v) is 23.3. The van der Waals surface area contributed by atoms with Gasteiger partial charge >= 0.3 is 11.9 Å². The number of rotatable bonds is 10. The molecule has 0 bridgehead atoms. The van der Waals surface area contributed by atoms with E-state index in [-0.39, 0.29) is 42.9 Å². The quantitative estimate of drug-likeness (QED) is 0.115. The molecule has 30 heteroatoms. The highest BCUT2D eigenvalue weighted by molar-refractivity contribution is 7.17. The molecule has 0 N–H and O–H groups in total. The van der Waals surface area contributed by atoms with Crippen LogP contribution in [-0.2, 0) is 47.4 Å². The first kappa shape index (κ1) is 92.4. The fraction of sp³-hybridized carbons (Fsp3) is 0.410. The van der Waals surface area contributed by atoms with Crippen molar-refractivity contribution >= 4 is 91.3 Å². The number of methoxy groups -OCH3 is 5. The van der Waals surface area contributed by atoms with Gasteiger partial charge in [0, 0.05) is 119 Å². The number of pyridine rings is 2. The van der Waals surface area contributed by atoms with E-state index in [0.717, 1.165) is 82.0 Å². The predicted octanol–water partition coefficient (Wildman–Crippen LogP) is 21.8. The number of hydrogen-bond donors (Lipinski definition) is 0. The molecule has 13 rings (SSSR count). The highest BCUT2D eigenvalue weighted by Crippen LogP contribution is 2.42. The number of aromatic nitrogens is 15. The SMILES string of the molecule is CC(C)(C)c1nc(-c2ccccn2)cs1.CC(C)(C)c1nc(-c2cnccn2)cs1.CC(C)(C)c1nc(-c2ncccn2)cs1.CC(C)(C)c1ncco1.COC(=O)c1ccccn1.COC(=O)c1nnc(-c2csc(C(C)(C)C)n2)s1.COc1cc(-c2csc(C(C)(C)C)n2)cc(OC)c1OC.Cc1csc(C(C)(C)C)n1. The molecule has 1 aromatic carbocycles. The summed E-state index contributed by atoms with van der Waals surface area (Å²) in [4.78, 5) is 78.1. The van der Waals surface area contributed by atoms with Gasteiger partial charge in [0.05, 0.1) is 95.1 Å². The van der Waals surface area contributed by atoms with Gasteiger partial charge in [-0.15, -0.1) is 78.2 Å². The molecule has 602 valence electrons. The summed E-state index contributed by atoms with van der Waals surface area (Å²) in [7, 11) is 7.48. The summed E-state index contributed by atoms with van der Waals surface area (Å²) >= 11 is 11.2. The fourth-order valence-electron chi connectivity index (χ4n) is 8.64. The molecule has 0 aliphatic rings. The maximum Gasteiger partial charge on any atom is 0.369 e. The fourth-order valence-corrected chi connectivity index (χ4v) is 14.8. The van der Waals surface area contributed by atoms with E-state index in [1.807, 2.05) is 53.4 Å². The minimum atomic E-state index is -0.468. The highest BCUT2D eigenvalue weighted by Gasteiger charge is 2.26. The Balaban J connectivity index is 0.000000204. The van der Waals surface area contributed by atoms with Crippen LogP contribution in [0, 0.1) is 6.92 Å². The van der Waals surface area contributed by atoms with Gasteiger partial charge in [0.15, 0.2) is 28.2 Å². The maximum atomic E-state index is 11.3. The molecule has 13 aromatic rings. The average molecular weight is 1670 g/mol. The van der Waals surface area contributed by atoms with E-state index in [0.29, 0.717) is 33.8 Å². The number of carbonyl (C=O) groups excluding carboxylic acids is 2. The van der Waals surface area contributed by atoms with Gasteiger partial charge in [-0.25, -0.2) is 59.4 Å². The first-order valence-corrected chi connectivity index (χ1v) is 41.9. The van der Waals surface area contributed by atoms with Crippen molar-refractivity contribution in [3.05, 3.63) is 195 Å². The second-order valence-corrected chi connectivity index (χ2v) is 38.1. The van der Waals surface area contributed by atoms with Crippen LogP contribution >= 0.6 is 79.4 Å². The molecule has 0 aliphatic carbocycles. The average Bonchev–Trinajstić information content (AvgIpc) is 1.78. The molecule has 0 atom stereocenters. The molecule has 0 fully saturated rings. The summed E-state index contributed by atoms with van der Waals surface area (Å²) in [5.74, 6) is 2.49. The summed E-state index contributed by atoms with van der Waals surface area (Å²) in [6, 6.07) is 16.6. The molecule has 0 saturated heterocycles.